The zero-order valence-electron chi connectivity index (χ0n) is 15.4. The number of hydrogen-bond acceptors (Lipinski definition) is 3. The van der Waals surface area contributed by atoms with Crippen LogP contribution >= 0.6 is 15.9 Å². The van der Waals surface area contributed by atoms with Crippen LogP contribution in [0, 0.1) is 0 Å². The summed E-state index contributed by atoms with van der Waals surface area (Å²) in [6.45, 7) is -0.355. The Labute approximate surface area is 175 Å². The summed E-state index contributed by atoms with van der Waals surface area (Å²) in [5.74, 6) is -0.405. The normalized spacial score (nSPS) is 12.9. The van der Waals surface area contributed by atoms with E-state index in [9.17, 15) is 4.79 Å². The number of carboxylic acid groups (broad SMARTS) is 1. The van der Waals surface area contributed by atoms with Gasteiger partial charge in [0.15, 0.2) is 6.61 Å². The molecule has 1 aliphatic rings. The maximum atomic E-state index is 11.0. The van der Waals surface area contributed by atoms with E-state index in [0.29, 0.717) is 5.75 Å². The lowest BCUT2D eigenvalue weighted by Crippen LogP contribution is -2.10. The van der Waals surface area contributed by atoms with Gasteiger partial charge < -0.3 is 14.4 Å². The minimum Gasteiger partial charge on any atom is -0.482 e. The number of carboxylic acids is 1. The first-order valence-corrected chi connectivity index (χ1v) is 10.1. The second-order valence-electron chi connectivity index (χ2n) is 7.19. The SMILES string of the molecule is O=C(O)COc1cc2c3c(c1)c1cc(Br)ccc1n3C=C(Cc1cccnc1)C2. The molecule has 3 heterocycles. The molecule has 0 saturated carbocycles. The number of aliphatic carboxylic acids is 1. The van der Waals surface area contributed by atoms with Gasteiger partial charge in [0, 0.05) is 33.8 Å². The highest BCUT2D eigenvalue weighted by Gasteiger charge is 2.20. The number of nitrogens with zero attached hydrogens (tertiary/aromatic N) is 2. The number of ether oxygens (including phenoxy) is 1. The minimum atomic E-state index is -0.985. The highest BCUT2D eigenvalue weighted by molar-refractivity contribution is 9.10. The lowest BCUT2D eigenvalue weighted by atomic mass is 9.96. The van der Waals surface area contributed by atoms with Crippen molar-refractivity contribution in [1.82, 2.24) is 9.55 Å². The van der Waals surface area contributed by atoms with E-state index in [1.165, 1.54) is 5.57 Å². The molecular weight excluding hydrogens is 432 g/mol. The van der Waals surface area contributed by atoms with Crippen molar-refractivity contribution in [3.05, 3.63) is 76.0 Å². The largest absolute Gasteiger partial charge is 0.482 e. The maximum absolute atomic E-state index is 11.0. The Morgan fingerprint density at radius 3 is 2.90 bits per heavy atom. The fourth-order valence-corrected chi connectivity index (χ4v) is 4.41. The van der Waals surface area contributed by atoms with Crippen LogP contribution in [0.2, 0.25) is 0 Å². The molecule has 29 heavy (non-hydrogen) atoms. The van der Waals surface area contributed by atoms with Crippen molar-refractivity contribution in [2.45, 2.75) is 12.8 Å². The molecule has 5 rings (SSSR count). The summed E-state index contributed by atoms with van der Waals surface area (Å²) in [5, 5.41) is 11.2. The van der Waals surface area contributed by atoms with Crippen LogP contribution in [0.1, 0.15) is 11.1 Å². The quantitative estimate of drug-likeness (QED) is 0.463. The lowest BCUT2D eigenvalue weighted by Gasteiger charge is -2.18. The van der Waals surface area contributed by atoms with Gasteiger partial charge in [-0.2, -0.15) is 0 Å². The Hall–Kier alpha value is -3.12. The van der Waals surface area contributed by atoms with E-state index in [4.69, 9.17) is 9.84 Å². The van der Waals surface area contributed by atoms with Crippen LogP contribution in [0.15, 0.2) is 64.9 Å². The molecule has 0 spiro atoms. The predicted octanol–water partition coefficient (Wildman–Crippen LogP) is 5.06. The smallest absolute Gasteiger partial charge is 0.341 e. The summed E-state index contributed by atoms with van der Waals surface area (Å²) >= 11 is 3.57. The van der Waals surface area contributed by atoms with Crippen molar-refractivity contribution in [2.75, 3.05) is 6.61 Å². The Bertz CT molecular complexity index is 1290. The zero-order valence-corrected chi connectivity index (χ0v) is 17.0. The molecule has 0 bridgehead atoms. The topological polar surface area (TPSA) is 64.3 Å². The van der Waals surface area contributed by atoms with Gasteiger partial charge in [0.25, 0.3) is 0 Å². The Morgan fingerprint density at radius 2 is 2.10 bits per heavy atom. The number of fused-ring (bicyclic) bond motifs is 3. The van der Waals surface area contributed by atoms with Gasteiger partial charge in [-0.05, 0) is 65.9 Å². The Balaban J connectivity index is 1.68. The van der Waals surface area contributed by atoms with E-state index in [1.807, 2.05) is 30.5 Å². The summed E-state index contributed by atoms with van der Waals surface area (Å²) in [4.78, 5) is 15.2. The van der Waals surface area contributed by atoms with Crippen molar-refractivity contribution >= 4 is 49.9 Å². The molecule has 0 atom stereocenters. The van der Waals surface area contributed by atoms with Crippen LogP contribution in [0.4, 0.5) is 0 Å². The molecule has 6 heteroatoms. The molecule has 0 saturated heterocycles. The molecule has 5 nitrogen and oxygen atoms in total. The van der Waals surface area contributed by atoms with Crippen LogP contribution in [0.3, 0.4) is 0 Å². The first-order chi connectivity index (χ1) is 14.1. The molecule has 0 aliphatic carbocycles. The van der Waals surface area contributed by atoms with Crippen LogP contribution in [0.25, 0.3) is 28.0 Å². The van der Waals surface area contributed by atoms with Gasteiger partial charge in [-0.25, -0.2) is 4.79 Å². The van der Waals surface area contributed by atoms with Gasteiger partial charge in [0.05, 0.1) is 11.0 Å². The van der Waals surface area contributed by atoms with E-state index in [0.717, 1.165) is 50.2 Å². The van der Waals surface area contributed by atoms with Crippen molar-refractivity contribution in [3.8, 4) is 5.75 Å². The summed E-state index contributed by atoms with van der Waals surface area (Å²) in [5.41, 5.74) is 5.83. The van der Waals surface area contributed by atoms with Crippen LogP contribution in [-0.4, -0.2) is 27.2 Å². The van der Waals surface area contributed by atoms with Crippen molar-refractivity contribution in [2.24, 2.45) is 0 Å². The average molecular weight is 449 g/mol. The number of allylic oxidation sites excluding steroid dienone is 1. The van der Waals surface area contributed by atoms with E-state index in [1.54, 1.807) is 6.20 Å². The highest BCUT2D eigenvalue weighted by Crippen LogP contribution is 2.39. The van der Waals surface area contributed by atoms with Gasteiger partial charge in [-0.1, -0.05) is 22.0 Å². The standard InChI is InChI=1S/C23H17BrN2O3/c24-17-3-4-21-19(9-17)20-10-18(29-13-22(27)28)8-16-7-15(12-26(21)23(16)20)6-14-2-1-5-25-11-14/h1-5,8-12H,6-7,13H2,(H,27,28). The van der Waals surface area contributed by atoms with Gasteiger partial charge in [-0.3, -0.25) is 4.98 Å². The second-order valence-corrected chi connectivity index (χ2v) is 8.11. The van der Waals surface area contributed by atoms with E-state index < -0.39 is 5.97 Å². The Morgan fingerprint density at radius 1 is 1.21 bits per heavy atom. The summed E-state index contributed by atoms with van der Waals surface area (Å²) in [7, 11) is 0. The van der Waals surface area contributed by atoms with Gasteiger partial charge in [-0.15, -0.1) is 0 Å². The van der Waals surface area contributed by atoms with Crippen molar-refractivity contribution < 1.29 is 14.6 Å². The zero-order chi connectivity index (χ0) is 20.0. The molecule has 4 aromatic rings. The number of pyridine rings is 1. The van der Waals surface area contributed by atoms with Crippen LogP contribution < -0.4 is 4.74 Å². The summed E-state index contributed by atoms with van der Waals surface area (Å²) in [6.07, 6.45) is 7.49. The van der Waals surface area contributed by atoms with Crippen molar-refractivity contribution in [3.63, 3.8) is 0 Å². The van der Waals surface area contributed by atoms with E-state index >= 15 is 0 Å². The Kier molecular flexibility index (Phi) is 4.36. The molecule has 144 valence electrons. The molecule has 0 amide bonds. The number of hydrogen-bond donors (Lipinski definition) is 1. The third kappa shape index (κ3) is 3.29. The number of aromatic nitrogens is 2. The van der Waals surface area contributed by atoms with Gasteiger partial charge in [0.1, 0.15) is 5.75 Å². The summed E-state index contributed by atoms with van der Waals surface area (Å²) in [6, 6.07) is 14.2. The monoisotopic (exact) mass is 448 g/mol. The third-order valence-electron chi connectivity index (χ3n) is 5.16. The lowest BCUT2D eigenvalue weighted by molar-refractivity contribution is -0.139. The summed E-state index contributed by atoms with van der Waals surface area (Å²) < 4.78 is 8.77. The number of benzene rings is 2. The highest BCUT2D eigenvalue weighted by atomic mass is 79.9. The number of carbonyl (C=O) groups is 1. The number of rotatable bonds is 5. The average Bonchev–Trinajstić information content (AvgIpc) is 3.01. The van der Waals surface area contributed by atoms with E-state index in [-0.39, 0.29) is 6.61 Å². The molecule has 0 radical (unpaired) electrons. The molecule has 2 aromatic heterocycles. The predicted molar refractivity (Wildman–Crippen MR) is 116 cm³/mol. The van der Waals surface area contributed by atoms with E-state index in [2.05, 4.69) is 49.9 Å². The molecular formula is C23H17BrN2O3. The fraction of sp³-hybridized carbons (Fsp3) is 0.130. The van der Waals surface area contributed by atoms with Crippen LogP contribution in [-0.2, 0) is 17.6 Å². The maximum Gasteiger partial charge on any atom is 0.341 e. The van der Waals surface area contributed by atoms with Crippen LogP contribution in [0.5, 0.6) is 5.75 Å². The molecule has 1 N–H and O–H groups in total. The first kappa shape index (κ1) is 17.9. The number of halogens is 1. The first-order valence-electron chi connectivity index (χ1n) is 9.27. The molecule has 0 fully saturated rings. The van der Waals surface area contributed by atoms with Gasteiger partial charge >= 0.3 is 5.97 Å². The third-order valence-corrected chi connectivity index (χ3v) is 5.65. The van der Waals surface area contributed by atoms with Crippen molar-refractivity contribution in [1.29, 1.82) is 0 Å². The second kappa shape index (κ2) is 7.04. The minimum absolute atomic E-state index is 0.355. The fourth-order valence-electron chi connectivity index (χ4n) is 4.05. The molecule has 0 unspecified atom stereocenters. The van der Waals surface area contributed by atoms with Gasteiger partial charge in [0.2, 0.25) is 0 Å². The molecule has 2 aromatic carbocycles. The molecule has 1 aliphatic heterocycles.